The van der Waals surface area contributed by atoms with Crippen LogP contribution in [0.15, 0.2) is 17.5 Å². The summed E-state index contributed by atoms with van der Waals surface area (Å²) in [6.07, 6.45) is 6.32. The molecular formula is C24H32N2O2S2. The number of anilines is 1. The standard InChI is InChI=1S/C24H32N2O2S2/c1-15-8-5-6-12-26(15)23(28)20-17-11-10-16(24(2,3)4)14-19(17)30-22(20)25-21(27)18-9-7-13-29-18/h7,9,13,15-16H,5-6,8,10-12,14H2,1-4H3,(H,25,27). The van der Waals surface area contributed by atoms with Crippen molar-refractivity contribution in [2.24, 2.45) is 11.3 Å². The smallest absolute Gasteiger partial charge is 0.266 e. The van der Waals surface area contributed by atoms with Gasteiger partial charge in [0.1, 0.15) is 5.00 Å². The fourth-order valence-electron chi connectivity index (χ4n) is 4.76. The summed E-state index contributed by atoms with van der Waals surface area (Å²) in [5.41, 5.74) is 2.19. The number of nitrogens with one attached hydrogen (secondary N) is 1. The van der Waals surface area contributed by atoms with E-state index in [-0.39, 0.29) is 23.3 Å². The Morgan fingerprint density at radius 3 is 2.67 bits per heavy atom. The molecule has 2 atom stereocenters. The number of rotatable bonds is 3. The van der Waals surface area contributed by atoms with E-state index in [9.17, 15) is 9.59 Å². The summed E-state index contributed by atoms with van der Waals surface area (Å²) < 4.78 is 0. The maximum atomic E-state index is 13.7. The molecular weight excluding hydrogens is 412 g/mol. The van der Waals surface area contributed by atoms with Crippen LogP contribution in [0.5, 0.6) is 0 Å². The average Bonchev–Trinajstić information content (AvgIpc) is 3.34. The molecule has 6 heteroatoms. The van der Waals surface area contributed by atoms with Crippen LogP contribution < -0.4 is 5.32 Å². The zero-order chi connectivity index (χ0) is 21.5. The van der Waals surface area contributed by atoms with Crippen LogP contribution in [0.4, 0.5) is 5.00 Å². The van der Waals surface area contributed by atoms with Crippen LogP contribution in [0, 0.1) is 11.3 Å². The van der Waals surface area contributed by atoms with E-state index in [1.807, 2.05) is 22.4 Å². The van der Waals surface area contributed by atoms with Gasteiger partial charge < -0.3 is 10.2 Å². The van der Waals surface area contributed by atoms with E-state index in [1.165, 1.54) is 28.2 Å². The second kappa shape index (κ2) is 8.46. The van der Waals surface area contributed by atoms with Crippen LogP contribution in [0.2, 0.25) is 0 Å². The highest BCUT2D eigenvalue weighted by atomic mass is 32.1. The number of fused-ring (bicyclic) bond motifs is 1. The predicted molar refractivity (Wildman–Crippen MR) is 126 cm³/mol. The van der Waals surface area contributed by atoms with E-state index >= 15 is 0 Å². The number of piperidine rings is 1. The Balaban J connectivity index is 1.70. The molecule has 1 aliphatic carbocycles. The first-order chi connectivity index (χ1) is 14.3. The second-order valence-electron chi connectivity index (χ2n) is 9.79. The highest BCUT2D eigenvalue weighted by Gasteiger charge is 2.36. The summed E-state index contributed by atoms with van der Waals surface area (Å²) in [5, 5.41) is 5.75. The van der Waals surface area contributed by atoms with Crippen molar-refractivity contribution in [3.8, 4) is 0 Å². The third-order valence-electron chi connectivity index (χ3n) is 6.74. The van der Waals surface area contributed by atoms with E-state index in [0.29, 0.717) is 10.8 Å². The molecule has 0 saturated carbocycles. The summed E-state index contributed by atoms with van der Waals surface area (Å²) >= 11 is 3.06. The molecule has 4 nitrogen and oxygen atoms in total. The normalized spacial score (nSPS) is 21.9. The van der Waals surface area contributed by atoms with Crippen molar-refractivity contribution in [2.75, 3.05) is 11.9 Å². The molecule has 0 bridgehead atoms. The van der Waals surface area contributed by atoms with E-state index in [1.54, 1.807) is 11.3 Å². The third-order valence-corrected chi connectivity index (χ3v) is 8.78. The van der Waals surface area contributed by atoms with Crippen molar-refractivity contribution in [3.63, 3.8) is 0 Å². The van der Waals surface area contributed by atoms with Crippen LogP contribution >= 0.6 is 22.7 Å². The van der Waals surface area contributed by atoms with Gasteiger partial charge in [-0.15, -0.1) is 22.7 Å². The minimum absolute atomic E-state index is 0.107. The van der Waals surface area contributed by atoms with Gasteiger partial charge >= 0.3 is 0 Å². The van der Waals surface area contributed by atoms with Crippen LogP contribution in [0.3, 0.4) is 0 Å². The summed E-state index contributed by atoms with van der Waals surface area (Å²) in [5.74, 6) is 0.591. The maximum Gasteiger partial charge on any atom is 0.266 e. The zero-order valence-corrected chi connectivity index (χ0v) is 20.0. The molecule has 1 aliphatic heterocycles. The number of hydrogen-bond donors (Lipinski definition) is 1. The van der Waals surface area contributed by atoms with Gasteiger partial charge in [0.15, 0.2) is 0 Å². The lowest BCUT2D eigenvalue weighted by atomic mass is 9.72. The SMILES string of the molecule is CC1CCCCN1C(=O)c1c(NC(=O)c2cccs2)sc2c1CCC(C(C)(C)C)C2. The first kappa shape index (κ1) is 21.6. The monoisotopic (exact) mass is 444 g/mol. The molecule has 1 saturated heterocycles. The van der Waals surface area contributed by atoms with Crippen molar-refractivity contribution in [1.29, 1.82) is 0 Å². The van der Waals surface area contributed by atoms with Gasteiger partial charge in [0.25, 0.3) is 11.8 Å². The average molecular weight is 445 g/mol. The molecule has 1 N–H and O–H groups in total. The quantitative estimate of drug-likeness (QED) is 0.610. The molecule has 162 valence electrons. The molecule has 2 aromatic heterocycles. The van der Waals surface area contributed by atoms with Gasteiger partial charge in [0, 0.05) is 17.5 Å². The van der Waals surface area contributed by atoms with Crippen LogP contribution in [0.1, 0.15) is 83.8 Å². The molecule has 30 heavy (non-hydrogen) atoms. The minimum Gasteiger partial charge on any atom is -0.336 e. The summed E-state index contributed by atoms with van der Waals surface area (Å²) in [4.78, 5) is 30.5. The summed E-state index contributed by atoms with van der Waals surface area (Å²) in [6, 6.07) is 3.97. The third kappa shape index (κ3) is 4.22. The van der Waals surface area contributed by atoms with E-state index in [0.717, 1.165) is 49.2 Å². The van der Waals surface area contributed by atoms with Crippen LogP contribution in [0.25, 0.3) is 0 Å². The van der Waals surface area contributed by atoms with Crippen molar-refractivity contribution in [3.05, 3.63) is 38.4 Å². The van der Waals surface area contributed by atoms with E-state index < -0.39 is 0 Å². The second-order valence-corrected chi connectivity index (χ2v) is 11.8. The van der Waals surface area contributed by atoms with Crippen molar-refractivity contribution in [1.82, 2.24) is 4.90 Å². The van der Waals surface area contributed by atoms with Crippen LogP contribution in [-0.4, -0.2) is 29.3 Å². The van der Waals surface area contributed by atoms with Gasteiger partial charge in [-0.2, -0.15) is 0 Å². The summed E-state index contributed by atoms with van der Waals surface area (Å²) in [6.45, 7) is 9.87. The van der Waals surface area contributed by atoms with Crippen molar-refractivity contribution in [2.45, 2.75) is 72.3 Å². The molecule has 2 aromatic rings. The molecule has 3 heterocycles. The Morgan fingerprint density at radius 1 is 1.20 bits per heavy atom. The molecule has 2 unspecified atom stereocenters. The van der Waals surface area contributed by atoms with Crippen molar-refractivity contribution >= 4 is 39.5 Å². The highest BCUT2D eigenvalue weighted by Crippen LogP contribution is 2.45. The highest BCUT2D eigenvalue weighted by molar-refractivity contribution is 7.17. The zero-order valence-electron chi connectivity index (χ0n) is 18.4. The van der Waals surface area contributed by atoms with E-state index in [4.69, 9.17) is 0 Å². The first-order valence-corrected chi connectivity index (χ1v) is 12.8. The number of hydrogen-bond acceptors (Lipinski definition) is 4. The number of amides is 2. The number of nitrogens with zero attached hydrogens (tertiary/aromatic N) is 1. The largest absolute Gasteiger partial charge is 0.336 e. The molecule has 2 amide bonds. The molecule has 4 rings (SSSR count). The Morgan fingerprint density at radius 2 is 2.00 bits per heavy atom. The van der Waals surface area contributed by atoms with Gasteiger partial charge in [-0.05, 0) is 73.8 Å². The molecule has 2 aliphatic rings. The fourth-order valence-corrected chi connectivity index (χ4v) is 6.69. The molecule has 0 aromatic carbocycles. The number of carbonyl (C=O) groups excluding carboxylic acids is 2. The Labute approximate surface area is 187 Å². The lowest BCUT2D eigenvalue weighted by molar-refractivity contribution is 0.0635. The number of likely N-dealkylation sites (tertiary alicyclic amines) is 1. The maximum absolute atomic E-state index is 13.7. The van der Waals surface area contributed by atoms with Gasteiger partial charge in [-0.3, -0.25) is 9.59 Å². The topological polar surface area (TPSA) is 49.4 Å². The lowest BCUT2D eigenvalue weighted by Gasteiger charge is -2.35. The molecule has 0 spiro atoms. The van der Waals surface area contributed by atoms with E-state index in [2.05, 4.69) is 33.0 Å². The van der Waals surface area contributed by atoms with Gasteiger partial charge in [-0.1, -0.05) is 26.8 Å². The Hall–Kier alpha value is -1.66. The van der Waals surface area contributed by atoms with Crippen LogP contribution in [-0.2, 0) is 12.8 Å². The Bertz CT molecular complexity index is 924. The lowest BCUT2D eigenvalue weighted by Crippen LogP contribution is -2.42. The number of thiophene rings is 2. The minimum atomic E-state index is -0.114. The number of carbonyl (C=O) groups is 2. The molecule has 0 radical (unpaired) electrons. The van der Waals surface area contributed by atoms with Gasteiger partial charge in [-0.25, -0.2) is 0 Å². The van der Waals surface area contributed by atoms with Crippen molar-refractivity contribution < 1.29 is 9.59 Å². The first-order valence-electron chi connectivity index (χ1n) is 11.1. The van der Waals surface area contributed by atoms with Gasteiger partial charge in [0.05, 0.1) is 10.4 Å². The molecule has 1 fully saturated rings. The van der Waals surface area contributed by atoms with Gasteiger partial charge in [0.2, 0.25) is 0 Å². The predicted octanol–water partition coefficient (Wildman–Crippen LogP) is 6.23. The Kier molecular flexibility index (Phi) is 6.08. The summed E-state index contributed by atoms with van der Waals surface area (Å²) in [7, 11) is 0. The fraction of sp³-hybridized carbons (Fsp3) is 0.583.